The van der Waals surface area contributed by atoms with Crippen molar-refractivity contribution in [3.05, 3.63) is 42.0 Å². The van der Waals surface area contributed by atoms with E-state index >= 15 is 0 Å². The van der Waals surface area contributed by atoms with Gasteiger partial charge in [0.05, 0.1) is 11.3 Å². The van der Waals surface area contributed by atoms with Crippen molar-refractivity contribution in [3.63, 3.8) is 0 Å². The van der Waals surface area contributed by atoms with Gasteiger partial charge in [0.15, 0.2) is 11.6 Å². The average Bonchev–Trinajstić information content (AvgIpc) is 2.30. The van der Waals surface area contributed by atoms with E-state index in [1.54, 1.807) is 17.0 Å². The zero-order chi connectivity index (χ0) is 13.0. The molecule has 0 N–H and O–H groups in total. The maximum atomic E-state index is 13.8. The molecule has 17 heavy (non-hydrogen) atoms. The fourth-order valence-electron chi connectivity index (χ4n) is 1.57. The van der Waals surface area contributed by atoms with Crippen molar-refractivity contribution in [1.82, 2.24) is 0 Å². The van der Waals surface area contributed by atoms with Crippen molar-refractivity contribution in [1.29, 1.82) is 5.26 Å². The maximum Gasteiger partial charge on any atom is 0.183 e. The van der Waals surface area contributed by atoms with Crippen LogP contribution >= 0.6 is 0 Å². The lowest BCUT2D eigenvalue weighted by molar-refractivity contribution is 0.501. The molecule has 2 nitrogen and oxygen atoms in total. The van der Waals surface area contributed by atoms with Crippen molar-refractivity contribution >= 4 is 5.69 Å². The Hall–Kier alpha value is -1.89. The molecule has 0 unspecified atom stereocenters. The highest BCUT2D eigenvalue weighted by molar-refractivity contribution is 5.53. The number of halogens is 2. The standard InChI is InChI=1S/C13H14F2N2/c1-4-7-17(9(2)3)11-6-5-10(8-16)12(14)13(11)15/h4-6,9H,1,7H2,2-3H3. The minimum atomic E-state index is -1.10. The maximum absolute atomic E-state index is 13.8. The molecule has 0 saturated heterocycles. The summed E-state index contributed by atoms with van der Waals surface area (Å²) in [6.45, 7) is 7.75. The van der Waals surface area contributed by atoms with Gasteiger partial charge in [0.2, 0.25) is 0 Å². The van der Waals surface area contributed by atoms with Gasteiger partial charge in [-0.3, -0.25) is 0 Å². The summed E-state index contributed by atoms with van der Waals surface area (Å²) >= 11 is 0. The van der Waals surface area contributed by atoms with E-state index in [2.05, 4.69) is 6.58 Å². The average molecular weight is 236 g/mol. The largest absolute Gasteiger partial charge is 0.363 e. The minimum Gasteiger partial charge on any atom is -0.363 e. The second-order valence-electron chi connectivity index (χ2n) is 3.91. The summed E-state index contributed by atoms with van der Waals surface area (Å²) in [7, 11) is 0. The molecule has 4 heteroatoms. The van der Waals surface area contributed by atoms with Crippen LogP contribution in [0.2, 0.25) is 0 Å². The lowest BCUT2D eigenvalue weighted by atomic mass is 10.1. The molecule has 0 atom stereocenters. The van der Waals surface area contributed by atoms with Gasteiger partial charge in [-0.2, -0.15) is 5.26 Å². The molecule has 0 aliphatic carbocycles. The minimum absolute atomic E-state index is 0.00911. The van der Waals surface area contributed by atoms with Crippen LogP contribution in [0.25, 0.3) is 0 Å². The monoisotopic (exact) mass is 236 g/mol. The van der Waals surface area contributed by atoms with Gasteiger partial charge in [0.25, 0.3) is 0 Å². The van der Waals surface area contributed by atoms with Crippen LogP contribution in [-0.4, -0.2) is 12.6 Å². The molecule has 1 rings (SSSR count). The smallest absolute Gasteiger partial charge is 0.183 e. The van der Waals surface area contributed by atoms with Crippen LogP contribution in [0.5, 0.6) is 0 Å². The summed E-state index contributed by atoms with van der Waals surface area (Å²) in [5, 5.41) is 8.60. The first-order valence-corrected chi connectivity index (χ1v) is 5.28. The summed E-state index contributed by atoms with van der Waals surface area (Å²) in [6.07, 6.45) is 1.62. The molecular weight excluding hydrogens is 222 g/mol. The highest BCUT2D eigenvalue weighted by atomic mass is 19.2. The van der Waals surface area contributed by atoms with Gasteiger partial charge in [-0.15, -0.1) is 6.58 Å². The van der Waals surface area contributed by atoms with Crippen LogP contribution in [0.1, 0.15) is 19.4 Å². The summed E-state index contributed by atoms with van der Waals surface area (Å²) in [4.78, 5) is 1.67. The summed E-state index contributed by atoms with van der Waals surface area (Å²) in [6, 6.07) is 4.32. The highest BCUT2D eigenvalue weighted by Crippen LogP contribution is 2.25. The Bertz CT molecular complexity index is 461. The van der Waals surface area contributed by atoms with Crippen molar-refractivity contribution < 1.29 is 8.78 Å². The third-order valence-electron chi connectivity index (χ3n) is 2.44. The number of benzene rings is 1. The van der Waals surface area contributed by atoms with Crippen molar-refractivity contribution in [2.75, 3.05) is 11.4 Å². The number of rotatable bonds is 4. The van der Waals surface area contributed by atoms with Crippen molar-refractivity contribution in [2.24, 2.45) is 0 Å². The molecule has 0 aromatic heterocycles. The zero-order valence-electron chi connectivity index (χ0n) is 9.87. The van der Waals surface area contributed by atoms with Crippen molar-refractivity contribution in [3.8, 4) is 6.07 Å². The number of anilines is 1. The Kier molecular flexibility index (Phi) is 4.22. The first-order chi connectivity index (χ1) is 8.02. The lowest BCUT2D eigenvalue weighted by Gasteiger charge is -2.28. The van der Waals surface area contributed by atoms with Gasteiger partial charge in [-0.05, 0) is 26.0 Å². The van der Waals surface area contributed by atoms with E-state index in [1.807, 2.05) is 13.8 Å². The van der Waals surface area contributed by atoms with E-state index in [0.717, 1.165) is 0 Å². The summed E-state index contributed by atoms with van der Waals surface area (Å²) in [5.41, 5.74) is -0.134. The number of nitrogens with zero attached hydrogens (tertiary/aromatic N) is 2. The van der Waals surface area contributed by atoms with Crippen LogP contribution in [0.15, 0.2) is 24.8 Å². The predicted octanol–water partition coefficient (Wildman–Crippen LogP) is 3.24. The van der Waals surface area contributed by atoms with Crippen LogP contribution < -0.4 is 4.90 Å². The van der Waals surface area contributed by atoms with E-state index in [4.69, 9.17) is 5.26 Å². The second-order valence-corrected chi connectivity index (χ2v) is 3.91. The Morgan fingerprint density at radius 3 is 2.53 bits per heavy atom. The Morgan fingerprint density at radius 2 is 2.06 bits per heavy atom. The van der Waals surface area contributed by atoms with Gasteiger partial charge in [0.1, 0.15) is 6.07 Å². The molecule has 90 valence electrons. The summed E-state index contributed by atoms with van der Waals surface area (Å²) < 4.78 is 27.3. The molecule has 0 fully saturated rings. The van der Waals surface area contributed by atoms with Gasteiger partial charge in [-0.1, -0.05) is 6.08 Å². The topological polar surface area (TPSA) is 27.0 Å². The van der Waals surface area contributed by atoms with Gasteiger partial charge in [-0.25, -0.2) is 8.78 Å². The zero-order valence-corrected chi connectivity index (χ0v) is 9.87. The molecule has 0 heterocycles. The van der Waals surface area contributed by atoms with Crippen molar-refractivity contribution in [2.45, 2.75) is 19.9 Å². The highest BCUT2D eigenvalue weighted by Gasteiger charge is 2.19. The fourth-order valence-corrected chi connectivity index (χ4v) is 1.57. The van der Waals surface area contributed by atoms with Crippen LogP contribution in [-0.2, 0) is 0 Å². The van der Waals surface area contributed by atoms with E-state index in [9.17, 15) is 8.78 Å². The molecule has 1 aromatic carbocycles. The van der Waals surface area contributed by atoms with Crippen LogP contribution in [0, 0.1) is 23.0 Å². The molecule has 0 amide bonds. The number of nitriles is 1. The third kappa shape index (κ3) is 2.62. The first-order valence-electron chi connectivity index (χ1n) is 5.28. The lowest BCUT2D eigenvalue weighted by Crippen LogP contribution is -2.31. The van der Waals surface area contributed by atoms with Gasteiger partial charge in [0, 0.05) is 12.6 Å². The molecule has 0 radical (unpaired) electrons. The first kappa shape index (κ1) is 13.2. The SMILES string of the molecule is C=CCN(c1ccc(C#N)c(F)c1F)C(C)C. The molecule has 0 spiro atoms. The Morgan fingerprint density at radius 1 is 1.41 bits per heavy atom. The van der Waals surface area contributed by atoms with Crippen LogP contribution in [0.4, 0.5) is 14.5 Å². The third-order valence-corrected chi connectivity index (χ3v) is 2.44. The predicted molar refractivity (Wildman–Crippen MR) is 63.8 cm³/mol. The molecular formula is C13H14F2N2. The normalized spacial score (nSPS) is 10.1. The fraction of sp³-hybridized carbons (Fsp3) is 0.308. The van der Waals surface area contributed by atoms with E-state index in [1.165, 1.54) is 12.1 Å². The van der Waals surface area contributed by atoms with E-state index in [-0.39, 0.29) is 17.3 Å². The Balaban J connectivity index is 3.26. The molecule has 0 aliphatic heterocycles. The quantitative estimate of drug-likeness (QED) is 0.750. The molecule has 1 aromatic rings. The molecule has 0 aliphatic rings. The van der Waals surface area contributed by atoms with E-state index in [0.29, 0.717) is 6.54 Å². The van der Waals surface area contributed by atoms with Gasteiger partial charge < -0.3 is 4.90 Å². The Labute approximate surface area is 99.8 Å². The number of hydrogen-bond donors (Lipinski definition) is 0. The van der Waals surface area contributed by atoms with Gasteiger partial charge >= 0.3 is 0 Å². The molecule has 0 saturated carbocycles. The molecule has 0 bridgehead atoms. The van der Waals surface area contributed by atoms with E-state index < -0.39 is 11.6 Å². The second kappa shape index (κ2) is 5.44. The summed E-state index contributed by atoms with van der Waals surface area (Å²) in [5.74, 6) is -2.08. The van der Waals surface area contributed by atoms with Crippen LogP contribution in [0.3, 0.4) is 0 Å². The number of hydrogen-bond acceptors (Lipinski definition) is 2.